The second-order valence-corrected chi connectivity index (χ2v) is 6.38. The van der Waals surface area contributed by atoms with Gasteiger partial charge in [0.15, 0.2) is 12.1 Å². The third-order valence-corrected chi connectivity index (χ3v) is 4.26. The molecule has 0 amide bonds. The number of carboxylic acid groups (broad SMARTS) is 1. The fraction of sp³-hybridized carbons (Fsp3) is 0.750. The van der Waals surface area contributed by atoms with Gasteiger partial charge in [0.05, 0.1) is 0 Å². The zero-order valence-electron chi connectivity index (χ0n) is 13.0. The molecule has 1 fully saturated rings. The standard InChI is InChI=1S/C16H26N2O3/c1-12(2)5-3-4-8-18-9-6-13(7-10-18)15-14(16(19)20)17-11-21-15/h11-13H,3-10H2,1-2H3,(H,19,20). The first-order chi connectivity index (χ1) is 10.1. The minimum absolute atomic E-state index is 0.0883. The van der Waals surface area contributed by atoms with Crippen molar-refractivity contribution in [2.75, 3.05) is 19.6 Å². The summed E-state index contributed by atoms with van der Waals surface area (Å²) in [5.41, 5.74) is 0.0883. The van der Waals surface area contributed by atoms with E-state index in [9.17, 15) is 4.79 Å². The van der Waals surface area contributed by atoms with Gasteiger partial charge in [-0.05, 0) is 44.8 Å². The largest absolute Gasteiger partial charge is 0.476 e. The first-order valence-corrected chi connectivity index (χ1v) is 7.97. The third kappa shape index (κ3) is 4.56. The molecule has 1 aromatic rings. The van der Waals surface area contributed by atoms with E-state index in [1.807, 2.05) is 0 Å². The first kappa shape index (κ1) is 16.0. The smallest absolute Gasteiger partial charge is 0.358 e. The summed E-state index contributed by atoms with van der Waals surface area (Å²) in [7, 11) is 0. The number of hydrogen-bond donors (Lipinski definition) is 1. The molecule has 1 aliphatic rings. The van der Waals surface area contributed by atoms with Crippen molar-refractivity contribution in [2.45, 2.75) is 51.9 Å². The van der Waals surface area contributed by atoms with Crippen LogP contribution in [0.2, 0.25) is 0 Å². The van der Waals surface area contributed by atoms with Gasteiger partial charge in [0.25, 0.3) is 0 Å². The van der Waals surface area contributed by atoms with E-state index in [4.69, 9.17) is 9.52 Å². The van der Waals surface area contributed by atoms with Crippen LogP contribution in [-0.2, 0) is 0 Å². The number of unbranched alkanes of at least 4 members (excludes halogenated alkanes) is 1. The highest BCUT2D eigenvalue weighted by Gasteiger charge is 2.27. The molecule has 2 heterocycles. The lowest BCUT2D eigenvalue weighted by atomic mass is 9.93. The molecule has 0 spiro atoms. The highest BCUT2D eigenvalue weighted by molar-refractivity contribution is 5.86. The zero-order valence-corrected chi connectivity index (χ0v) is 13.0. The molecule has 0 saturated carbocycles. The highest BCUT2D eigenvalue weighted by Crippen LogP contribution is 2.30. The molecule has 0 atom stereocenters. The summed E-state index contributed by atoms with van der Waals surface area (Å²) in [5.74, 6) is 0.555. The van der Waals surface area contributed by atoms with Gasteiger partial charge < -0.3 is 14.4 Å². The topological polar surface area (TPSA) is 66.6 Å². The Morgan fingerprint density at radius 2 is 2.14 bits per heavy atom. The molecule has 1 aliphatic heterocycles. The number of likely N-dealkylation sites (tertiary alicyclic amines) is 1. The molecule has 0 aliphatic carbocycles. The average molecular weight is 294 g/mol. The Kier molecular flexibility index (Phi) is 5.79. The Bertz CT molecular complexity index is 448. The first-order valence-electron chi connectivity index (χ1n) is 7.97. The SMILES string of the molecule is CC(C)CCCCN1CCC(c2ocnc2C(=O)O)CC1. The van der Waals surface area contributed by atoms with Crippen molar-refractivity contribution < 1.29 is 14.3 Å². The van der Waals surface area contributed by atoms with Crippen molar-refractivity contribution in [1.29, 1.82) is 0 Å². The van der Waals surface area contributed by atoms with Gasteiger partial charge in [0.2, 0.25) is 0 Å². The van der Waals surface area contributed by atoms with E-state index in [0.717, 1.165) is 38.4 Å². The van der Waals surface area contributed by atoms with E-state index < -0.39 is 5.97 Å². The number of nitrogens with zero attached hydrogens (tertiary/aromatic N) is 2. The van der Waals surface area contributed by atoms with Gasteiger partial charge in [-0.25, -0.2) is 9.78 Å². The fourth-order valence-electron chi connectivity index (χ4n) is 3.01. The summed E-state index contributed by atoms with van der Waals surface area (Å²) in [6.07, 6.45) is 7.02. The molecule has 0 aromatic carbocycles. The Morgan fingerprint density at radius 3 is 2.76 bits per heavy atom. The van der Waals surface area contributed by atoms with Crippen LogP contribution in [0.3, 0.4) is 0 Å². The van der Waals surface area contributed by atoms with Crippen LogP contribution in [0.25, 0.3) is 0 Å². The van der Waals surface area contributed by atoms with Crippen LogP contribution >= 0.6 is 0 Å². The van der Waals surface area contributed by atoms with Crippen LogP contribution < -0.4 is 0 Å². The van der Waals surface area contributed by atoms with E-state index in [2.05, 4.69) is 23.7 Å². The van der Waals surface area contributed by atoms with Crippen LogP contribution in [-0.4, -0.2) is 40.6 Å². The highest BCUT2D eigenvalue weighted by atomic mass is 16.4. The number of oxazole rings is 1. The van der Waals surface area contributed by atoms with Crippen molar-refractivity contribution in [3.05, 3.63) is 17.8 Å². The summed E-state index contributed by atoms with van der Waals surface area (Å²) >= 11 is 0. The zero-order chi connectivity index (χ0) is 15.2. The normalized spacial score (nSPS) is 17.5. The average Bonchev–Trinajstić information content (AvgIpc) is 2.93. The fourth-order valence-corrected chi connectivity index (χ4v) is 3.01. The van der Waals surface area contributed by atoms with Gasteiger partial charge in [-0.15, -0.1) is 0 Å². The molecule has 0 unspecified atom stereocenters. The van der Waals surface area contributed by atoms with E-state index in [-0.39, 0.29) is 11.6 Å². The lowest BCUT2D eigenvalue weighted by molar-refractivity contribution is 0.0686. The monoisotopic (exact) mass is 294 g/mol. The number of aromatic carboxylic acids is 1. The van der Waals surface area contributed by atoms with E-state index in [1.165, 1.54) is 25.7 Å². The Balaban J connectivity index is 1.75. The molecule has 2 rings (SSSR count). The van der Waals surface area contributed by atoms with Gasteiger partial charge in [-0.2, -0.15) is 0 Å². The Morgan fingerprint density at radius 1 is 1.43 bits per heavy atom. The van der Waals surface area contributed by atoms with Crippen molar-refractivity contribution in [2.24, 2.45) is 5.92 Å². The van der Waals surface area contributed by atoms with Crippen molar-refractivity contribution in [1.82, 2.24) is 9.88 Å². The van der Waals surface area contributed by atoms with E-state index in [0.29, 0.717) is 5.76 Å². The Hall–Kier alpha value is -1.36. The van der Waals surface area contributed by atoms with Crippen LogP contribution in [0.15, 0.2) is 10.8 Å². The van der Waals surface area contributed by atoms with Gasteiger partial charge in [0, 0.05) is 5.92 Å². The number of carboxylic acids is 1. The predicted molar refractivity (Wildman–Crippen MR) is 80.6 cm³/mol. The maximum atomic E-state index is 11.1. The number of carbonyl (C=O) groups is 1. The molecule has 1 saturated heterocycles. The maximum absolute atomic E-state index is 11.1. The molecule has 21 heavy (non-hydrogen) atoms. The molecule has 0 radical (unpaired) electrons. The van der Waals surface area contributed by atoms with Gasteiger partial charge in [-0.1, -0.05) is 26.7 Å². The van der Waals surface area contributed by atoms with Crippen molar-refractivity contribution >= 4 is 5.97 Å². The Labute approximate surface area is 126 Å². The summed E-state index contributed by atoms with van der Waals surface area (Å²) in [4.78, 5) is 17.4. The lowest BCUT2D eigenvalue weighted by Gasteiger charge is -2.31. The molecule has 5 heteroatoms. The molecule has 118 valence electrons. The number of piperidine rings is 1. The lowest BCUT2D eigenvalue weighted by Crippen LogP contribution is -2.34. The van der Waals surface area contributed by atoms with Crippen molar-refractivity contribution in [3.8, 4) is 0 Å². The van der Waals surface area contributed by atoms with Crippen LogP contribution in [0.4, 0.5) is 0 Å². The van der Waals surface area contributed by atoms with Crippen LogP contribution in [0.1, 0.15) is 68.1 Å². The summed E-state index contributed by atoms with van der Waals surface area (Å²) < 4.78 is 5.32. The predicted octanol–water partition coefficient (Wildman–Crippen LogP) is 3.38. The quantitative estimate of drug-likeness (QED) is 0.781. The van der Waals surface area contributed by atoms with Gasteiger partial charge in [0.1, 0.15) is 5.76 Å². The molecular formula is C16H26N2O3. The summed E-state index contributed by atoms with van der Waals surface area (Å²) in [5, 5.41) is 9.09. The van der Waals surface area contributed by atoms with Gasteiger partial charge in [-0.3, -0.25) is 0 Å². The third-order valence-electron chi connectivity index (χ3n) is 4.26. The van der Waals surface area contributed by atoms with Crippen LogP contribution in [0.5, 0.6) is 0 Å². The molecule has 0 bridgehead atoms. The van der Waals surface area contributed by atoms with Gasteiger partial charge >= 0.3 is 5.97 Å². The molecule has 5 nitrogen and oxygen atoms in total. The summed E-state index contributed by atoms with van der Waals surface area (Å²) in [6.45, 7) is 7.73. The second-order valence-electron chi connectivity index (χ2n) is 6.38. The summed E-state index contributed by atoms with van der Waals surface area (Å²) in [6, 6.07) is 0. The second kappa shape index (κ2) is 7.59. The molecule has 1 N–H and O–H groups in total. The van der Waals surface area contributed by atoms with Crippen LogP contribution in [0, 0.1) is 5.92 Å². The minimum atomic E-state index is -0.991. The van der Waals surface area contributed by atoms with Crippen molar-refractivity contribution in [3.63, 3.8) is 0 Å². The minimum Gasteiger partial charge on any atom is -0.476 e. The maximum Gasteiger partial charge on any atom is 0.358 e. The number of rotatable bonds is 7. The van der Waals surface area contributed by atoms with E-state index >= 15 is 0 Å². The van der Waals surface area contributed by atoms with E-state index in [1.54, 1.807) is 0 Å². The molecular weight excluding hydrogens is 268 g/mol. The molecule has 1 aromatic heterocycles. The number of aromatic nitrogens is 1. The number of hydrogen-bond acceptors (Lipinski definition) is 4.